The Labute approximate surface area is 193 Å². The van der Waals surface area contributed by atoms with E-state index >= 15 is 0 Å². The molecule has 0 bridgehead atoms. The van der Waals surface area contributed by atoms with E-state index in [1.807, 2.05) is 6.07 Å². The van der Waals surface area contributed by atoms with Crippen molar-refractivity contribution in [1.29, 1.82) is 5.26 Å². The second kappa shape index (κ2) is 9.82. The summed E-state index contributed by atoms with van der Waals surface area (Å²) >= 11 is 0. The number of halogens is 3. The number of nitrogens with zero attached hydrogens (tertiary/aromatic N) is 3. The molecule has 0 unspecified atom stereocenters. The second-order valence-electron chi connectivity index (χ2n) is 7.74. The molecule has 1 aliphatic rings. The number of hydrogen-bond donors (Lipinski definition) is 2. The number of rotatable bonds is 4. The summed E-state index contributed by atoms with van der Waals surface area (Å²) in [5, 5.41) is 9.03. The van der Waals surface area contributed by atoms with Crippen LogP contribution in [0, 0.1) is 11.3 Å². The highest BCUT2D eigenvalue weighted by molar-refractivity contribution is 6.04. The third kappa shape index (κ3) is 5.28. The predicted molar refractivity (Wildman–Crippen MR) is 117 cm³/mol. The molecule has 178 valence electrons. The van der Waals surface area contributed by atoms with Gasteiger partial charge in [0.05, 0.1) is 29.9 Å². The Morgan fingerprint density at radius 2 is 1.85 bits per heavy atom. The monoisotopic (exact) mass is 473 g/mol. The lowest BCUT2D eigenvalue weighted by atomic mass is 9.85. The van der Waals surface area contributed by atoms with Crippen molar-refractivity contribution in [2.24, 2.45) is 16.5 Å². The van der Waals surface area contributed by atoms with Crippen molar-refractivity contribution in [3.8, 4) is 11.8 Å². The number of nitriles is 1. The van der Waals surface area contributed by atoms with Crippen LogP contribution in [0.5, 0.6) is 5.75 Å². The Morgan fingerprint density at radius 3 is 2.41 bits per heavy atom. The Bertz CT molecular complexity index is 1180. The number of hydrogen-bond acceptors (Lipinski definition) is 4. The van der Waals surface area contributed by atoms with E-state index in [-0.39, 0.29) is 43.2 Å². The first kappa shape index (κ1) is 24.6. The van der Waals surface area contributed by atoms with E-state index in [2.05, 4.69) is 4.99 Å². The van der Waals surface area contributed by atoms with Gasteiger partial charge in [0.2, 0.25) is 0 Å². The Hall–Kier alpha value is -4.07. The summed E-state index contributed by atoms with van der Waals surface area (Å²) in [7, 11) is 1.23. The van der Waals surface area contributed by atoms with Crippen LogP contribution >= 0.6 is 0 Å². The van der Waals surface area contributed by atoms with Crippen LogP contribution in [-0.4, -0.2) is 42.9 Å². The summed E-state index contributed by atoms with van der Waals surface area (Å²) in [6.45, 7) is 0.461. The SMILES string of the molecule is COc1cc(C2CCN(C(=O)c3cccc(C#N)c3)CC2)c(C(F)(F)F)cc1C(=O)N=C(N)N. The van der Waals surface area contributed by atoms with Gasteiger partial charge in [0.25, 0.3) is 11.8 Å². The van der Waals surface area contributed by atoms with Gasteiger partial charge in [0.15, 0.2) is 5.96 Å². The minimum Gasteiger partial charge on any atom is -0.496 e. The number of aliphatic imine (C=N–C) groups is 1. The molecule has 1 heterocycles. The number of amides is 2. The summed E-state index contributed by atoms with van der Waals surface area (Å²) in [6.07, 6.45) is -4.19. The standard InChI is InChI=1S/C23H22F3N5O3/c1-34-19-11-16(18(23(24,25)26)10-17(19)20(32)30-22(28)29)14-5-7-31(8-6-14)21(33)15-4-2-3-13(9-15)12-27/h2-4,9-11,14H,5-8H2,1H3,(H4,28,29,30,32). The Morgan fingerprint density at radius 1 is 1.18 bits per heavy atom. The molecule has 0 spiro atoms. The smallest absolute Gasteiger partial charge is 0.416 e. The maximum atomic E-state index is 13.9. The number of methoxy groups -OCH3 is 1. The fourth-order valence-electron chi connectivity index (χ4n) is 3.99. The average molecular weight is 473 g/mol. The number of piperidine rings is 1. The lowest BCUT2D eigenvalue weighted by Crippen LogP contribution is -2.38. The van der Waals surface area contributed by atoms with Gasteiger partial charge in [0.1, 0.15) is 5.75 Å². The second-order valence-corrected chi connectivity index (χ2v) is 7.74. The van der Waals surface area contributed by atoms with Gasteiger partial charge >= 0.3 is 6.18 Å². The molecule has 4 N–H and O–H groups in total. The van der Waals surface area contributed by atoms with Crippen molar-refractivity contribution < 1.29 is 27.5 Å². The van der Waals surface area contributed by atoms with Gasteiger partial charge in [-0.25, -0.2) is 0 Å². The van der Waals surface area contributed by atoms with Gasteiger partial charge in [-0.15, -0.1) is 0 Å². The number of alkyl halides is 3. The van der Waals surface area contributed by atoms with Crippen LogP contribution in [0.15, 0.2) is 41.4 Å². The van der Waals surface area contributed by atoms with Crippen LogP contribution in [0.2, 0.25) is 0 Å². The first-order valence-electron chi connectivity index (χ1n) is 10.3. The molecule has 11 heteroatoms. The lowest BCUT2D eigenvalue weighted by Gasteiger charge is -2.33. The van der Waals surface area contributed by atoms with Gasteiger partial charge in [-0.05, 0) is 54.7 Å². The maximum Gasteiger partial charge on any atom is 0.416 e. The highest BCUT2D eigenvalue weighted by Crippen LogP contribution is 2.42. The van der Waals surface area contributed by atoms with Crippen molar-refractivity contribution in [3.63, 3.8) is 0 Å². The highest BCUT2D eigenvalue weighted by Gasteiger charge is 2.38. The van der Waals surface area contributed by atoms with E-state index in [1.54, 1.807) is 23.1 Å². The first-order valence-corrected chi connectivity index (χ1v) is 10.3. The molecule has 1 aliphatic heterocycles. The molecule has 34 heavy (non-hydrogen) atoms. The maximum absolute atomic E-state index is 13.9. The topological polar surface area (TPSA) is 135 Å². The normalized spacial score (nSPS) is 14.3. The molecule has 2 aromatic rings. The number of carbonyl (C=O) groups excluding carboxylic acids is 2. The third-order valence-electron chi connectivity index (χ3n) is 5.60. The van der Waals surface area contributed by atoms with Crippen LogP contribution in [0.1, 0.15) is 56.2 Å². The molecule has 3 rings (SSSR count). The molecule has 0 atom stereocenters. The summed E-state index contributed by atoms with van der Waals surface area (Å²) in [5.74, 6) is -2.52. The van der Waals surface area contributed by atoms with Crippen molar-refractivity contribution >= 4 is 17.8 Å². The summed E-state index contributed by atoms with van der Waals surface area (Å²) in [6, 6.07) is 10.1. The van der Waals surface area contributed by atoms with E-state index in [1.165, 1.54) is 19.2 Å². The van der Waals surface area contributed by atoms with Gasteiger partial charge in [-0.1, -0.05) is 6.07 Å². The highest BCUT2D eigenvalue weighted by atomic mass is 19.4. The zero-order valence-corrected chi connectivity index (χ0v) is 18.2. The van der Waals surface area contributed by atoms with Crippen LogP contribution < -0.4 is 16.2 Å². The largest absolute Gasteiger partial charge is 0.496 e. The average Bonchev–Trinajstić information content (AvgIpc) is 2.81. The number of guanidine groups is 1. The van der Waals surface area contributed by atoms with E-state index in [4.69, 9.17) is 21.5 Å². The van der Waals surface area contributed by atoms with Gasteiger partial charge in [-0.3, -0.25) is 9.59 Å². The van der Waals surface area contributed by atoms with Crippen LogP contribution in [-0.2, 0) is 6.18 Å². The van der Waals surface area contributed by atoms with Gasteiger partial charge < -0.3 is 21.1 Å². The number of nitrogens with two attached hydrogens (primary N) is 2. The zero-order valence-electron chi connectivity index (χ0n) is 18.2. The van der Waals surface area contributed by atoms with Gasteiger partial charge in [-0.2, -0.15) is 23.4 Å². The van der Waals surface area contributed by atoms with E-state index in [0.29, 0.717) is 17.2 Å². The van der Waals surface area contributed by atoms with Crippen LogP contribution in [0.4, 0.5) is 13.2 Å². The van der Waals surface area contributed by atoms with Crippen LogP contribution in [0.3, 0.4) is 0 Å². The minimum absolute atomic E-state index is 0.0239. The van der Waals surface area contributed by atoms with Crippen molar-refractivity contribution in [3.05, 3.63) is 64.2 Å². The molecule has 0 aromatic heterocycles. The van der Waals surface area contributed by atoms with Crippen molar-refractivity contribution in [1.82, 2.24) is 4.90 Å². The Balaban J connectivity index is 1.89. The molecule has 2 aromatic carbocycles. The zero-order chi connectivity index (χ0) is 25.0. The third-order valence-corrected chi connectivity index (χ3v) is 5.60. The Kier molecular flexibility index (Phi) is 7.10. The predicted octanol–water partition coefficient (Wildman–Crippen LogP) is 3.02. The molecule has 1 saturated heterocycles. The summed E-state index contributed by atoms with van der Waals surface area (Å²) in [4.78, 5) is 29.9. The van der Waals surface area contributed by atoms with E-state index in [0.717, 1.165) is 0 Å². The van der Waals surface area contributed by atoms with Crippen LogP contribution in [0.25, 0.3) is 0 Å². The number of ether oxygens (including phenoxy) is 1. The summed E-state index contributed by atoms with van der Waals surface area (Å²) in [5.41, 5.74) is 9.65. The molecule has 8 nitrogen and oxygen atoms in total. The molecule has 0 radical (unpaired) electrons. The molecule has 0 saturated carbocycles. The molecule has 2 amide bonds. The first-order chi connectivity index (χ1) is 16.0. The van der Waals surface area contributed by atoms with Crippen molar-refractivity contribution in [2.45, 2.75) is 24.9 Å². The molecular weight excluding hydrogens is 451 g/mol. The minimum atomic E-state index is -4.74. The summed E-state index contributed by atoms with van der Waals surface area (Å²) < 4.78 is 46.9. The molecular formula is C23H22F3N5O3. The number of benzene rings is 2. The lowest BCUT2D eigenvalue weighted by molar-refractivity contribution is -0.138. The molecule has 1 fully saturated rings. The number of likely N-dealkylation sites (tertiary alicyclic amines) is 1. The van der Waals surface area contributed by atoms with E-state index < -0.39 is 35.1 Å². The van der Waals surface area contributed by atoms with E-state index in [9.17, 15) is 22.8 Å². The molecule has 0 aliphatic carbocycles. The van der Waals surface area contributed by atoms with Crippen molar-refractivity contribution in [2.75, 3.05) is 20.2 Å². The number of carbonyl (C=O) groups is 2. The quantitative estimate of drug-likeness (QED) is 0.518. The fourth-order valence-corrected chi connectivity index (χ4v) is 3.99. The fraction of sp³-hybridized carbons (Fsp3) is 0.304. The van der Waals surface area contributed by atoms with Gasteiger partial charge in [0, 0.05) is 18.7 Å².